The Hall–Kier alpha value is -6.41. The molecule has 9 rings (SSSR count). The number of hydrogen-bond donors (Lipinski definition) is 2. The Bertz CT molecular complexity index is 2820. The largest absolute Gasteiger partial charge is 0.493 e. The molecule has 0 bridgehead atoms. The van der Waals surface area contributed by atoms with Crippen molar-refractivity contribution in [2.24, 2.45) is 22.9 Å². The Morgan fingerprint density at radius 1 is 0.787 bits per heavy atom. The van der Waals surface area contributed by atoms with Gasteiger partial charge >= 0.3 is 6.09 Å². The van der Waals surface area contributed by atoms with E-state index < -0.39 is 23.8 Å². The van der Waals surface area contributed by atoms with E-state index in [1.807, 2.05) is 109 Å². The third-order valence-electron chi connectivity index (χ3n) is 14.7. The first-order valence-corrected chi connectivity index (χ1v) is 27.5. The molecule has 6 aromatic carbocycles. The summed E-state index contributed by atoms with van der Waals surface area (Å²) < 4.78 is 33.8. The minimum Gasteiger partial charge on any atom is -0.493 e. The van der Waals surface area contributed by atoms with Crippen molar-refractivity contribution in [2.75, 3.05) is 45.4 Å². The van der Waals surface area contributed by atoms with Gasteiger partial charge in [-0.15, -0.1) is 18.3 Å². The zero-order chi connectivity index (χ0) is 51.7. The lowest BCUT2D eigenvalue weighted by Gasteiger charge is -2.60. The lowest BCUT2D eigenvalue weighted by molar-refractivity contribution is -0.256. The summed E-state index contributed by atoms with van der Waals surface area (Å²) in [5.74, 6) is -0.0123. The van der Waals surface area contributed by atoms with Crippen LogP contribution < -0.4 is 9.47 Å². The quantitative estimate of drug-likeness (QED) is 0.0223. The van der Waals surface area contributed by atoms with Crippen LogP contribution in [0.15, 0.2) is 186 Å². The monoisotopic (exact) mass is 1030 g/mol. The molecule has 6 unspecified atom stereocenters. The molecular formula is C63H70N2O9S. The van der Waals surface area contributed by atoms with Gasteiger partial charge in [0.1, 0.15) is 30.8 Å². The Balaban J connectivity index is 1.17. The van der Waals surface area contributed by atoms with E-state index in [0.717, 1.165) is 75.8 Å². The smallest absolute Gasteiger partial charge is 0.410 e. The van der Waals surface area contributed by atoms with Crippen molar-refractivity contribution in [3.05, 3.63) is 198 Å². The fourth-order valence-electron chi connectivity index (χ4n) is 11.3. The van der Waals surface area contributed by atoms with E-state index in [2.05, 4.69) is 55.1 Å². The van der Waals surface area contributed by atoms with Crippen molar-refractivity contribution in [3.8, 4) is 11.5 Å². The fraction of sp³-hybridized carbons (Fsp3) is 0.365. The van der Waals surface area contributed by atoms with Crippen LogP contribution in [0.1, 0.15) is 73.1 Å². The number of carbonyl (C=O) groups is 1. The zero-order valence-electron chi connectivity index (χ0n) is 42.8. The molecule has 6 aromatic rings. The van der Waals surface area contributed by atoms with Crippen LogP contribution in [0.5, 0.6) is 11.5 Å². The lowest BCUT2D eigenvalue weighted by Crippen LogP contribution is -2.70. The molecular weight excluding hydrogens is 961 g/mol. The SMILES string of the molecule is C=CCOC12Oc3ccc(OCCSc4ccccc4)cc3C3C(CCCCO)C(CCCCO)C=C(C(=NOCc4ccccc4)CC1N(Cc1cccc4ccccc14)C(=O)OCCOCc1ccccc1)C32. The van der Waals surface area contributed by atoms with Gasteiger partial charge in [0.25, 0.3) is 0 Å². The highest BCUT2D eigenvalue weighted by atomic mass is 32.2. The number of ether oxygens (including phenoxy) is 5. The Morgan fingerprint density at radius 2 is 1.49 bits per heavy atom. The highest BCUT2D eigenvalue weighted by Crippen LogP contribution is 2.62. The summed E-state index contributed by atoms with van der Waals surface area (Å²) >= 11 is 1.75. The number of amides is 1. The number of thioether (sulfide) groups is 1. The first-order valence-electron chi connectivity index (χ1n) is 26.6. The van der Waals surface area contributed by atoms with Gasteiger partial charge in [0.15, 0.2) is 0 Å². The summed E-state index contributed by atoms with van der Waals surface area (Å²) in [6, 6.07) is 49.9. The van der Waals surface area contributed by atoms with E-state index >= 15 is 4.79 Å². The molecule has 392 valence electrons. The second-order valence-electron chi connectivity index (χ2n) is 19.5. The predicted octanol–water partition coefficient (Wildman–Crippen LogP) is 12.7. The van der Waals surface area contributed by atoms with E-state index in [4.69, 9.17) is 33.7 Å². The second-order valence-corrected chi connectivity index (χ2v) is 20.6. The van der Waals surface area contributed by atoms with Gasteiger partial charge in [-0.25, -0.2) is 4.79 Å². The highest BCUT2D eigenvalue weighted by molar-refractivity contribution is 7.99. The van der Waals surface area contributed by atoms with Crippen molar-refractivity contribution in [3.63, 3.8) is 0 Å². The molecule has 1 amide bonds. The molecule has 6 atom stereocenters. The zero-order valence-corrected chi connectivity index (χ0v) is 43.6. The molecule has 1 aliphatic heterocycles. The van der Waals surface area contributed by atoms with E-state index in [9.17, 15) is 10.2 Å². The van der Waals surface area contributed by atoms with Crippen LogP contribution in [0, 0.1) is 17.8 Å². The summed E-state index contributed by atoms with van der Waals surface area (Å²) in [4.78, 5) is 24.7. The second kappa shape index (κ2) is 26.9. The average Bonchev–Trinajstić information content (AvgIpc) is 3.47. The number of rotatable bonds is 27. The van der Waals surface area contributed by atoms with Gasteiger partial charge in [-0.3, -0.25) is 4.90 Å². The molecule has 11 nitrogen and oxygen atoms in total. The number of hydrogen-bond acceptors (Lipinski definition) is 11. The predicted molar refractivity (Wildman–Crippen MR) is 296 cm³/mol. The topological polar surface area (TPSA) is 129 Å². The van der Waals surface area contributed by atoms with Gasteiger partial charge in [-0.2, -0.15) is 0 Å². The van der Waals surface area contributed by atoms with E-state index in [0.29, 0.717) is 37.5 Å². The van der Waals surface area contributed by atoms with Crippen LogP contribution in [0.25, 0.3) is 10.8 Å². The fourth-order valence-corrected chi connectivity index (χ4v) is 12.0. The van der Waals surface area contributed by atoms with Crippen molar-refractivity contribution in [2.45, 2.75) is 87.3 Å². The van der Waals surface area contributed by atoms with Crippen LogP contribution >= 0.6 is 11.8 Å². The summed E-state index contributed by atoms with van der Waals surface area (Å²) in [5.41, 5.74) is 5.56. The van der Waals surface area contributed by atoms with Gasteiger partial charge in [0.05, 0.1) is 44.6 Å². The third-order valence-corrected chi connectivity index (χ3v) is 15.6. The normalized spacial score (nSPS) is 21.1. The van der Waals surface area contributed by atoms with Crippen molar-refractivity contribution in [1.29, 1.82) is 0 Å². The van der Waals surface area contributed by atoms with Crippen LogP contribution in [-0.2, 0) is 38.8 Å². The minimum atomic E-state index is -1.50. The molecule has 75 heavy (non-hydrogen) atoms. The summed E-state index contributed by atoms with van der Waals surface area (Å²) in [7, 11) is 0. The first-order chi connectivity index (χ1) is 37.0. The number of aliphatic hydroxyl groups is 2. The molecule has 0 aromatic heterocycles. The standard InChI is InChI=1S/C63H70N2O9S/c1-2-35-72-63-59(65(43-50-26-18-25-48-23-12-13-29-53(48)50)62(68)71-37-36-69-44-46-19-6-3-7-20-46)42-57(64-73-45-47-21-8-4-9-22-47)55-40-49(24-14-16-33-66)54(30-15-17-34-67)60(61(55)63)56-41-51(31-32-58(56)74-63)70-38-39-75-52-27-10-5-11-28-52/h2-13,18-23,25-29,31-32,40-41,49,54,59-61,66-67H,1,14-17,24,30,33-39,42-45H2. The maximum Gasteiger partial charge on any atom is 0.410 e. The molecule has 3 aliphatic rings. The molecule has 0 radical (unpaired) electrons. The van der Waals surface area contributed by atoms with E-state index in [-0.39, 0.29) is 70.4 Å². The molecule has 1 heterocycles. The van der Waals surface area contributed by atoms with Crippen molar-refractivity contribution in [1.82, 2.24) is 4.90 Å². The number of aliphatic hydroxyl groups excluding tert-OH is 2. The number of unbranched alkanes of at least 4 members (excludes halogenated alkanes) is 2. The number of benzene rings is 6. The van der Waals surface area contributed by atoms with Gasteiger partial charge in [0, 0.05) is 41.8 Å². The molecule has 12 heteroatoms. The maximum atomic E-state index is 15.4. The van der Waals surface area contributed by atoms with Gasteiger partial charge in [0.2, 0.25) is 5.79 Å². The van der Waals surface area contributed by atoms with E-state index in [1.165, 1.54) is 4.90 Å². The van der Waals surface area contributed by atoms with Crippen molar-refractivity contribution < 1.29 is 43.5 Å². The minimum absolute atomic E-state index is 0.0159. The summed E-state index contributed by atoms with van der Waals surface area (Å²) in [5, 5.41) is 27.4. The number of allylic oxidation sites excluding steroid dienone is 1. The Kier molecular flexibility index (Phi) is 19.1. The van der Waals surface area contributed by atoms with Gasteiger partial charge < -0.3 is 38.7 Å². The molecule has 1 fully saturated rings. The van der Waals surface area contributed by atoms with Gasteiger partial charge in [-0.1, -0.05) is 151 Å². The summed E-state index contributed by atoms with van der Waals surface area (Å²) in [6.07, 6.45) is 8.33. The van der Waals surface area contributed by atoms with Crippen molar-refractivity contribution >= 4 is 34.3 Å². The number of fused-ring (bicyclic) bond motifs is 3. The molecule has 0 saturated heterocycles. The van der Waals surface area contributed by atoms with Crippen LogP contribution in [0.3, 0.4) is 0 Å². The number of oxime groups is 1. The third kappa shape index (κ3) is 13.2. The van der Waals surface area contributed by atoms with Crippen LogP contribution in [0.2, 0.25) is 0 Å². The van der Waals surface area contributed by atoms with E-state index in [1.54, 1.807) is 22.7 Å². The average molecular weight is 1030 g/mol. The molecule has 2 N–H and O–H groups in total. The Labute approximate surface area is 446 Å². The van der Waals surface area contributed by atoms with Gasteiger partial charge in [-0.05, 0) is 101 Å². The van der Waals surface area contributed by atoms with Crippen LogP contribution in [0.4, 0.5) is 4.79 Å². The highest BCUT2D eigenvalue weighted by Gasteiger charge is 2.65. The number of nitrogens with zero attached hydrogens (tertiary/aromatic N) is 2. The number of carbonyl (C=O) groups excluding carboxylic acids is 1. The maximum absolute atomic E-state index is 15.4. The Morgan fingerprint density at radius 3 is 2.25 bits per heavy atom. The molecule has 1 saturated carbocycles. The van der Waals surface area contributed by atoms with Crippen LogP contribution in [-0.4, -0.2) is 84.1 Å². The summed E-state index contributed by atoms with van der Waals surface area (Å²) in [6.45, 7) is 5.93. The lowest BCUT2D eigenvalue weighted by atomic mass is 9.55. The molecule has 2 aliphatic carbocycles. The molecule has 0 spiro atoms. The first kappa shape index (κ1) is 53.4.